The lowest BCUT2D eigenvalue weighted by Gasteiger charge is -2.30. The third-order valence-electron chi connectivity index (χ3n) is 4.78. The summed E-state index contributed by atoms with van der Waals surface area (Å²) in [6.45, 7) is 0.386. The molecule has 156 valence electrons. The molecule has 0 saturated carbocycles. The third-order valence-corrected chi connectivity index (χ3v) is 7.72. The van der Waals surface area contributed by atoms with Crippen LogP contribution in [0.15, 0.2) is 46.2 Å². The minimum absolute atomic E-state index is 0.0341. The molecular formula is C19H21FN2O5S2. The van der Waals surface area contributed by atoms with Gasteiger partial charge in [-0.1, -0.05) is 0 Å². The Morgan fingerprint density at radius 1 is 1.07 bits per heavy atom. The number of hydrogen-bond donors (Lipinski definition) is 0. The lowest BCUT2D eigenvalue weighted by atomic mass is 10.0. The van der Waals surface area contributed by atoms with E-state index in [0.717, 1.165) is 28.3 Å². The van der Waals surface area contributed by atoms with E-state index in [-0.39, 0.29) is 10.5 Å². The normalized spacial score (nSPS) is 14.7. The molecule has 1 aliphatic heterocycles. The van der Waals surface area contributed by atoms with Crippen molar-refractivity contribution in [2.75, 3.05) is 31.8 Å². The summed E-state index contributed by atoms with van der Waals surface area (Å²) in [5.41, 5.74) is 1.32. The molecule has 7 nitrogen and oxygen atoms in total. The Labute approximate surface area is 169 Å². The van der Waals surface area contributed by atoms with Crippen molar-refractivity contribution in [3.05, 3.63) is 53.3 Å². The second-order valence-corrected chi connectivity index (χ2v) is 11.2. The number of sulfonamides is 1. The van der Waals surface area contributed by atoms with Crippen molar-refractivity contribution >= 4 is 31.5 Å². The van der Waals surface area contributed by atoms with Crippen molar-refractivity contribution in [3.8, 4) is 0 Å². The van der Waals surface area contributed by atoms with Crippen LogP contribution in [-0.2, 0) is 26.3 Å². The molecule has 0 radical (unpaired) electrons. The molecule has 0 saturated heterocycles. The quantitative estimate of drug-likeness (QED) is 0.726. The van der Waals surface area contributed by atoms with Gasteiger partial charge in [0.05, 0.1) is 4.90 Å². The second-order valence-electron chi connectivity index (χ2n) is 7.06. The molecule has 1 heterocycles. The number of carbonyl (C=O) groups excluding carboxylic acids is 1. The molecular weight excluding hydrogens is 419 g/mol. The molecule has 0 aliphatic carbocycles. The second kappa shape index (κ2) is 7.51. The Bertz CT molecular complexity index is 1190. The zero-order valence-electron chi connectivity index (χ0n) is 16.2. The number of anilines is 1. The monoisotopic (exact) mass is 440 g/mol. The Morgan fingerprint density at radius 3 is 2.38 bits per heavy atom. The molecule has 1 aliphatic rings. The number of aryl methyl sites for hydroxylation is 1. The van der Waals surface area contributed by atoms with E-state index in [0.29, 0.717) is 25.1 Å². The molecule has 0 spiro atoms. The number of benzene rings is 2. The zero-order chi connectivity index (χ0) is 21.6. The van der Waals surface area contributed by atoms with Gasteiger partial charge < -0.3 is 4.90 Å². The van der Waals surface area contributed by atoms with Crippen LogP contribution in [0.5, 0.6) is 0 Å². The van der Waals surface area contributed by atoms with Crippen molar-refractivity contribution in [3.63, 3.8) is 0 Å². The summed E-state index contributed by atoms with van der Waals surface area (Å²) in [5.74, 6) is -1.42. The van der Waals surface area contributed by atoms with Gasteiger partial charge >= 0.3 is 0 Å². The number of rotatable bonds is 4. The van der Waals surface area contributed by atoms with E-state index in [4.69, 9.17) is 0 Å². The SMILES string of the molecule is CN(C)S(=O)(=O)c1cc(C(=O)N2CCCc3cc(S(C)(=O)=O)ccc32)ccc1F. The van der Waals surface area contributed by atoms with E-state index in [2.05, 4.69) is 0 Å². The number of fused-ring (bicyclic) bond motifs is 1. The first-order valence-electron chi connectivity index (χ1n) is 8.80. The number of sulfone groups is 1. The van der Waals surface area contributed by atoms with Crippen LogP contribution in [0.4, 0.5) is 10.1 Å². The molecule has 1 amide bonds. The summed E-state index contributed by atoms with van der Waals surface area (Å²) in [6.07, 6.45) is 2.36. The summed E-state index contributed by atoms with van der Waals surface area (Å²) in [6, 6.07) is 7.80. The highest BCUT2D eigenvalue weighted by atomic mass is 32.2. The van der Waals surface area contributed by atoms with Gasteiger partial charge in [-0.25, -0.2) is 25.5 Å². The van der Waals surface area contributed by atoms with E-state index >= 15 is 0 Å². The lowest BCUT2D eigenvalue weighted by molar-refractivity contribution is 0.0985. The molecule has 0 fully saturated rings. The Kier molecular flexibility index (Phi) is 5.54. The molecule has 10 heteroatoms. The fraction of sp³-hybridized carbons (Fsp3) is 0.316. The standard InChI is InChI=1S/C19H21FN2O5S2/c1-21(2)29(26,27)18-12-14(6-8-16(18)20)19(23)22-10-4-5-13-11-15(28(3,24)25)7-9-17(13)22/h6-9,11-12H,4-5,10H2,1-3H3. The van der Waals surface area contributed by atoms with E-state index in [9.17, 15) is 26.0 Å². The third kappa shape index (κ3) is 4.05. The van der Waals surface area contributed by atoms with Crippen LogP contribution < -0.4 is 4.90 Å². The largest absolute Gasteiger partial charge is 0.308 e. The molecule has 0 bridgehead atoms. The molecule has 2 aromatic carbocycles. The Morgan fingerprint density at radius 2 is 1.76 bits per heavy atom. The topological polar surface area (TPSA) is 91.8 Å². The smallest absolute Gasteiger partial charge is 0.258 e. The highest BCUT2D eigenvalue weighted by molar-refractivity contribution is 7.90. The van der Waals surface area contributed by atoms with E-state index < -0.39 is 36.5 Å². The summed E-state index contributed by atoms with van der Waals surface area (Å²) in [4.78, 5) is 14.1. The number of nitrogens with zero attached hydrogens (tertiary/aromatic N) is 2. The first-order valence-corrected chi connectivity index (χ1v) is 12.1. The maximum absolute atomic E-state index is 14.1. The lowest BCUT2D eigenvalue weighted by Crippen LogP contribution is -2.35. The van der Waals surface area contributed by atoms with Crippen LogP contribution in [0.2, 0.25) is 0 Å². The van der Waals surface area contributed by atoms with Crippen LogP contribution in [0.25, 0.3) is 0 Å². The average molecular weight is 441 g/mol. The van der Waals surface area contributed by atoms with E-state index in [1.54, 1.807) is 12.1 Å². The predicted octanol–water partition coefficient (Wildman–Crippen LogP) is 2.07. The van der Waals surface area contributed by atoms with Gasteiger partial charge in [-0.2, -0.15) is 0 Å². The van der Waals surface area contributed by atoms with Crippen LogP contribution in [-0.4, -0.2) is 53.9 Å². The number of carbonyl (C=O) groups is 1. The van der Waals surface area contributed by atoms with Gasteiger partial charge in [0, 0.05) is 38.1 Å². The van der Waals surface area contributed by atoms with Crippen LogP contribution in [0.1, 0.15) is 22.3 Å². The van der Waals surface area contributed by atoms with Crippen molar-refractivity contribution < 1.29 is 26.0 Å². The maximum Gasteiger partial charge on any atom is 0.258 e. The highest BCUT2D eigenvalue weighted by Gasteiger charge is 2.28. The van der Waals surface area contributed by atoms with Gasteiger partial charge in [-0.3, -0.25) is 4.79 Å². The summed E-state index contributed by atoms with van der Waals surface area (Å²) >= 11 is 0. The van der Waals surface area contributed by atoms with E-state index in [1.807, 2.05) is 0 Å². The van der Waals surface area contributed by atoms with Gasteiger partial charge in [-0.05, 0) is 54.8 Å². The molecule has 0 atom stereocenters. The number of halogens is 1. The van der Waals surface area contributed by atoms with Crippen LogP contribution in [0, 0.1) is 5.82 Å². The Balaban J connectivity index is 2.03. The first kappa shape index (κ1) is 21.4. The van der Waals surface area contributed by atoms with E-state index in [1.165, 1.54) is 31.1 Å². The Hall–Kier alpha value is -2.30. The summed E-state index contributed by atoms with van der Waals surface area (Å²) < 4.78 is 63.3. The molecule has 0 unspecified atom stereocenters. The van der Waals surface area contributed by atoms with Gasteiger partial charge in [0.2, 0.25) is 10.0 Å². The number of amides is 1. The maximum atomic E-state index is 14.1. The number of hydrogen-bond acceptors (Lipinski definition) is 5. The molecule has 2 aromatic rings. The fourth-order valence-corrected chi connectivity index (χ4v) is 4.86. The summed E-state index contributed by atoms with van der Waals surface area (Å²) in [5, 5.41) is 0. The molecule has 0 N–H and O–H groups in total. The van der Waals surface area contributed by atoms with Gasteiger partial charge in [0.25, 0.3) is 5.91 Å². The van der Waals surface area contributed by atoms with Gasteiger partial charge in [0.15, 0.2) is 9.84 Å². The van der Waals surface area contributed by atoms with Gasteiger partial charge in [-0.15, -0.1) is 0 Å². The van der Waals surface area contributed by atoms with Crippen molar-refractivity contribution in [1.82, 2.24) is 4.31 Å². The minimum Gasteiger partial charge on any atom is -0.308 e. The highest BCUT2D eigenvalue weighted by Crippen LogP contribution is 2.31. The van der Waals surface area contributed by atoms with Crippen LogP contribution >= 0.6 is 0 Å². The molecule has 3 rings (SSSR count). The summed E-state index contributed by atoms with van der Waals surface area (Å²) in [7, 11) is -4.87. The fourth-order valence-electron chi connectivity index (χ4n) is 3.20. The minimum atomic E-state index is -4.06. The zero-order valence-corrected chi connectivity index (χ0v) is 17.8. The van der Waals surface area contributed by atoms with Gasteiger partial charge in [0.1, 0.15) is 10.7 Å². The molecule has 29 heavy (non-hydrogen) atoms. The molecule has 0 aromatic heterocycles. The van der Waals surface area contributed by atoms with Crippen molar-refractivity contribution in [2.24, 2.45) is 0 Å². The van der Waals surface area contributed by atoms with Crippen LogP contribution in [0.3, 0.4) is 0 Å². The predicted molar refractivity (Wildman–Crippen MR) is 107 cm³/mol. The average Bonchev–Trinajstić information content (AvgIpc) is 2.66. The first-order chi connectivity index (χ1) is 13.4. The van der Waals surface area contributed by atoms with Crippen molar-refractivity contribution in [2.45, 2.75) is 22.6 Å². The van der Waals surface area contributed by atoms with Crippen molar-refractivity contribution in [1.29, 1.82) is 0 Å².